The first kappa shape index (κ1) is 13.4. The highest BCUT2D eigenvalue weighted by Gasteiger charge is 2.24. The molecule has 0 aliphatic carbocycles. The molecule has 0 spiro atoms. The smallest absolute Gasteiger partial charge is 0.112 e. The van der Waals surface area contributed by atoms with Crippen LogP contribution in [0.1, 0.15) is 41.8 Å². The van der Waals surface area contributed by atoms with Gasteiger partial charge in [0.2, 0.25) is 0 Å². The quantitative estimate of drug-likeness (QED) is 0.863. The summed E-state index contributed by atoms with van der Waals surface area (Å²) in [6, 6.07) is 4.71. The molecular weight excluding hydrogens is 246 g/mol. The number of nitrogens with zero attached hydrogens (tertiary/aromatic N) is 2. The minimum absolute atomic E-state index is 0.250. The van der Waals surface area contributed by atoms with E-state index >= 15 is 0 Å². The first-order valence-electron chi connectivity index (χ1n) is 7.36. The van der Waals surface area contributed by atoms with Gasteiger partial charge in [0.1, 0.15) is 5.82 Å². The molecule has 1 aromatic heterocycles. The minimum atomic E-state index is 0.250. The van der Waals surface area contributed by atoms with Gasteiger partial charge in [0.15, 0.2) is 0 Å². The molecule has 2 heterocycles. The topological polar surface area (TPSA) is 43.8 Å². The second kappa shape index (κ2) is 4.74. The van der Waals surface area contributed by atoms with Crippen molar-refractivity contribution in [3.05, 3.63) is 40.8 Å². The highest BCUT2D eigenvalue weighted by atomic mass is 15.1. The third-order valence-corrected chi connectivity index (χ3v) is 4.27. The Balaban J connectivity index is 2.11. The summed E-state index contributed by atoms with van der Waals surface area (Å²) in [5.41, 5.74) is 12.4. The van der Waals surface area contributed by atoms with Gasteiger partial charge in [-0.3, -0.25) is 0 Å². The van der Waals surface area contributed by atoms with E-state index in [4.69, 9.17) is 10.7 Å². The lowest BCUT2D eigenvalue weighted by Crippen LogP contribution is -2.33. The third-order valence-electron chi connectivity index (χ3n) is 4.27. The van der Waals surface area contributed by atoms with E-state index in [0.717, 1.165) is 18.7 Å². The van der Waals surface area contributed by atoms with Gasteiger partial charge in [-0.15, -0.1) is 0 Å². The lowest BCUT2D eigenvalue weighted by Gasteiger charge is -2.25. The van der Waals surface area contributed by atoms with Crippen LogP contribution in [-0.2, 0) is 6.54 Å². The Hall–Kier alpha value is -1.61. The van der Waals surface area contributed by atoms with Gasteiger partial charge in [0.05, 0.1) is 5.69 Å². The van der Waals surface area contributed by atoms with E-state index in [-0.39, 0.29) is 6.04 Å². The maximum atomic E-state index is 6.12. The Morgan fingerprint density at radius 2 is 1.85 bits per heavy atom. The summed E-state index contributed by atoms with van der Waals surface area (Å²) < 4.78 is 2.24. The van der Waals surface area contributed by atoms with E-state index in [9.17, 15) is 0 Å². The fourth-order valence-corrected chi connectivity index (χ4v) is 3.56. The van der Waals surface area contributed by atoms with Gasteiger partial charge in [0, 0.05) is 30.3 Å². The summed E-state index contributed by atoms with van der Waals surface area (Å²) in [6.45, 7) is 9.59. The van der Waals surface area contributed by atoms with Crippen molar-refractivity contribution >= 4 is 0 Å². The summed E-state index contributed by atoms with van der Waals surface area (Å²) in [6.07, 6.45) is 3.21. The van der Waals surface area contributed by atoms with Crippen molar-refractivity contribution < 1.29 is 0 Å². The Kier molecular flexibility index (Phi) is 3.17. The molecule has 0 amide bonds. The van der Waals surface area contributed by atoms with Crippen molar-refractivity contribution in [2.75, 3.05) is 0 Å². The molecule has 1 aliphatic rings. The molecule has 20 heavy (non-hydrogen) atoms. The maximum absolute atomic E-state index is 6.12. The van der Waals surface area contributed by atoms with Crippen molar-refractivity contribution in [3.63, 3.8) is 0 Å². The van der Waals surface area contributed by atoms with Crippen LogP contribution in [-0.4, -0.2) is 15.6 Å². The van der Waals surface area contributed by atoms with E-state index in [1.165, 1.54) is 28.1 Å². The first-order valence-corrected chi connectivity index (χ1v) is 7.36. The molecule has 3 nitrogen and oxygen atoms in total. The minimum Gasteiger partial charge on any atom is -0.332 e. The summed E-state index contributed by atoms with van der Waals surface area (Å²) >= 11 is 0. The monoisotopic (exact) mass is 269 g/mol. The zero-order valence-electron chi connectivity index (χ0n) is 12.8. The number of imidazole rings is 1. The number of hydrogen-bond donors (Lipinski definition) is 1. The largest absolute Gasteiger partial charge is 0.332 e. The predicted molar refractivity (Wildman–Crippen MR) is 82.9 cm³/mol. The van der Waals surface area contributed by atoms with Gasteiger partial charge < -0.3 is 10.3 Å². The van der Waals surface area contributed by atoms with Crippen LogP contribution in [0.4, 0.5) is 0 Å². The van der Waals surface area contributed by atoms with Crippen molar-refractivity contribution in [3.8, 4) is 11.3 Å². The Morgan fingerprint density at radius 3 is 2.50 bits per heavy atom. The summed E-state index contributed by atoms with van der Waals surface area (Å²) in [4.78, 5) is 4.90. The van der Waals surface area contributed by atoms with Crippen LogP contribution in [0.3, 0.4) is 0 Å². The number of benzene rings is 1. The average molecular weight is 269 g/mol. The van der Waals surface area contributed by atoms with Gasteiger partial charge in [-0.2, -0.15) is 0 Å². The molecule has 0 fully saturated rings. The number of fused-ring (bicyclic) bond motifs is 1. The Morgan fingerprint density at radius 1 is 1.20 bits per heavy atom. The fourth-order valence-electron chi connectivity index (χ4n) is 3.56. The predicted octanol–water partition coefficient (Wildman–Crippen LogP) is 3.31. The highest BCUT2D eigenvalue weighted by molar-refractivity contribution is 5.68. The highest BCUT2D eigenvalue weighted by Crippen LogP contribution is 2.32. The lowest BCUT2D eigenvalue weighted by atomic mass is 9.98. The molecule has 3 rings (SSSR count). The standard InChI is InChI=1S/C17H23N3/c1-10-5-11(2)16(12(3)6-10)15-9-20-8-14(18)7-13(4)17(20)19-15/h5-6,9,13-14H,7-8,18H2,1-4H3. The van der Waals surface area contributed by atoms with Crippen LogP contribution in [0.5, 0.6) is 0 Å². The summed E-state index contributed by atoms with van der Waals surface area (Å²) in [5.74, 6) is 1.62. The van der Waals surface area contributed by atoms with Gasteiger partial charge >= 0.3 is 0 Å². The molecule has 0 radical (unpaired) electrons. The number of nitrogens with two attached hydrogens (primary N) is 1. The zero-order valence-corrected chi connectivity index (χ0v) is 12.8. The molecule has 2 atom stereocenters. The summed E-state index contributed by atoms with van der Waals surface area (Å²) in [5, 5.41) is 0. The molecule has 0 saturated carbocycles. The van der Waals surface area contributed by atoms with E-state index in [0.29, 0.717) is 5.92 Å². The van der Waals surface area contributed by atoms with Gasteiger partial charge in [-0.05, 0) is 38.3 Å². The van der Waals surface area contributed by atoms with E-state index in [1.54, 1.807) is 0 Å². The van der Waals surface area contributed by atoms with Crippen molar-refractivity contribution in [1.82, 2.24) is 9.55 Å². The normalized spacial score (nSPS) is 21.9. The molecule has 0 bridgehead atoms. The van der Waals surface area contributed by atoms with Gasteiger partial charge in [-0.25, -0.2) is 4.98 Å². The van der Waals surface area contributed by atoms with Crippen molar-refractivity contribution in [2.45, 2.75) is 52.6 Å². The molecule has 2 N–H and O–H groups in total. The maximum Gasteiger partial charge on any atom is 0.112 e. The number of hydrogen-bond acceptors (Lipinski definition) is 2. The van der Waals surface area contributed by atoms with Gasteiger partial charge in [0.25, 0.3) is 0 Å². The second-order valence-electron chi connectivity index (χ2n) is 6.31. The molecule has 1 aliphatic heterocycles. The SMILES string of the molecule is Cc1cc(C)c(-c2cn3c(n2)C(C)CC(N)C3)c(C)c1. The van der Waals surface area contributed by atoms with Gasteiger partial charge in [-0.1, -0.05) is 24.6 Å². The molecule has 3 heteroatoms. The van der Waals surface area contributed by atoms with E-state index in [1.807, 2.05) is 0 Å². The second-order valence-corrected chi connectivity index (χ2v) is 6.31. The van der Waals surface area contributed by atoms with Crippen LogP contribution < -0.4 is 5.73 Å². The van der Waals surface area contributed by atoms with Crippen molar-refractivity contribution in [1.29, 1.82) is 0 Å². The van der Waals surface area contributed by atoms with Crippen LogP contribution in [0.15, 0.2) is 18.3 Å². The summed E-state index contributed by atoms with van der Waals surface area (Å²) in [7, 11) is 0. The molecule has 2 unspecified atom stereocenters. The molecule has 2 aromatic rings. The number of aromatic nitrogens is 2. The lowest BCUT2D eigenvalue weighted by molar-refractivity contribution is 0.407. The molecule has 1 aromatic carbocycles. The van der Waals surface area contributed by atoms with Crippen LogP contribution in [0, 0.1) is 20.8 Å². The fraction of sp³-hybridized carbons (Fsp3) is 0.471. The molecule has 0 saturated heterocycles. The van der Waals surface area contributed by atoms with Crippen LogP contribution >= 0.6 is 0 Å². The number of aryl methyl sites for hydroxylation is 3. The molecular formula is C17H23N3. The van der Waals surface area contributed by atoms with Crippen LogP contribution in [0.25, 0.3) is 11.3 Å². The average Bonchev–Trinajstić information content (AvgIpc) is 2.71. The van der Waals surface area contributed by atoms with E-state index < -0.39 is 0 Å². The Bertz CT molecular complexity index is 631. The first-order chi connectivity index (χ1) is 9.45. The van der Waals surface area contributed by atoms with E-state index in [2.05, 4.69) is 50.6 Å². The van der Waals surface area contributed by atoms with Crippen molar-refractivity contribution in [2.24, 2.45) is 5.73 Å². The van der Waals surface area contributed by atoms with Crippen LogP contribution in [0.2, 0.25) is 0 Å². The zero-order chi connectivity index (χ0) is 14.4. The number of rotatable bonds is 1. The third kappa shape index (κ3) is 2.16. The Labute approximate surface area is 120 Å². The molecule has 106 valence electrons.